The van der Waals surface area contributed by atoms with Gasteiger partial charge in [0, 0.05) is 0 Å². The fourth-order valence-electron chi connectivity index (χ4n) is 5.35. The van der Waals surface area contributed by atoms with Gasteiger partial charge in [0.25, 0.3) is 0 Å². The summed E-state index contributed by atoms with van der Waals surface area (Å²) in [6, 6.07) is 16.6. The molecule has 1 fully saturated rings. The lowest BCUT2D eigenvalue weighted by atomic mass is 9.69. The van der Waals surface area contributed by atoms with E-state index in [2.05, 4.69) is 44.2 Å². The van der Waals surface area contributed by atoms with Crippen molar-refractivity contribution in [2.24, 2.45) is 0 Å². The quantitative estimate of drug-likeness (QED) is 0.166. The predicted octanol–water partition coefficient (Wildman–Crippen LogP) is 8.61. The van der Waals surface area contributed by atoms with Crippen molar-refractivity contribution in [2.45, 2.75) is 116 Å². The molecule has 188 valence electrons. The number of hydrogen-bond donors (Lipinski definition) is 0. The van der Waals surface area contributed by atoms with Crippen molar-refractivity contribution in [3.8, 4) is 11.8 Å². The molecule has 0 aromatic heterocycles. The molecule has 0 bridgehead atoms. The minimum atomic E-state index is -0.620. The molecular formula is C32H43NO2. The molecule has 1 aliphatic rings. The van der Waals surface area contributed by atoms with E-state index in [4.69, 9.17) is 4.74 Å². The Labute approximate surface area is 212 Å². The molecule has 0 amide bonds. The molecule has 2 aromatic carbocycles. The number of unbranched alkanes of at least 4 members (excludes halogenated alkanes) is 6. The van der Waals surface area contributed by atoms with E-state index in [9.17, 15) is 10.1 Å². The van der Waals surface area contributed by atoms with Crippen LogP contribution in [0.2, 0.25) is 0 Å². The van der Waals surface area contributed by atoms with E-state index in [1.807, 2.05) is 18.2 Å². The topological polar surface area (TPSA) is 50.1 Å². The maximum Gasteiger partial charge on any atom is 0.321 e. The van der Waals surface area contributed by atoms with Crippen molar-refractivity contribution in [3.05, 3.63) is 64.7 Å². The number of rotatable bonds is 13. The van der Waals surface area contributed by atoms with Crippen molar-refractivity contribution in [3.63, 3.8) is 0 Å². The standard InChI is InChI=1S/C32H43NO2/c1-3-5-7-8-9-11-15-27-18-21-30(28(24-27)25-33)35-31(34)32(22-12-10-13-23-32)29-19-16-26(17-20-29)14-6-4-2/h16-21,24H,3-15,22-23H2,1-2H3. The van der Waals surface area contributed by atoms with Crippen molar-refractivity contribution in [1.82, 2.24) is 0 Å². The average Bonchev–Trinajstić information content (AvgIpc) is 2.90. The fourth-order valence-corrected chi connectivity index (χ4v) is 5.35. The summed E-state index contributed by atoms with van der Waals surface area (Å²) in [5.41, 5.74) is 3.36. The first-order valence-electron chi connectivity index (χ1n) is 14.0. The van der Waals surface area contributed by atoms with Crippen molar-refractivity contribution < 1.29 is 9.53 Å². The third-order valence-electron chi connectivity index (χ3n) is 7.61. The fraction of sp³-hybridized carbons (Fsp3) is 0.562. The number of carbonyl (C=O) groups is 1. The number of nitrogens with zero attached hydrogens (tertiary/aromatic N) is 1. The van der Waals surface area contributed by atoms with Crippen LogP contribution in [0.25, 0.3) is 0 Å². The maximum atomic E-state index is 13.7. The van der Waals surface area contributed by atoms with Crippen LogP contribution in [0.4, 0.5) is 0 Å². The summed E-state index contributed by atoms with van der Waals surface area (Å²) < 4.78 is 5.99. The molecule has 3 nitrogen and oxygen atoms in total. The summed E-state index contributed by atoms with van der Waals surface area (Å²) in [4.78, 5) is 13.7. The summed E-state index contributed by atoms with van der Waals surface area (Å²) in [5, 5.41) is 9.78. The lowest BCUT2D eigenvalue weighted by Gasteiger charge is -2.35. The molecule has 0 saturated heterocycles. The molecule has 0 heterocycles. The van der Waals surface area contributed by atoms with E-state index in [0.29, 0.717) is 11.3 Å². The Balaban J connectivity index is 1.71. The van der Waals surface area contributed by atoms with Gasteiger partial charge < -0.3 is 4.74 Å². The van der Waals surface area contributed by atoms with Gasteiger partial charge >= 0.3 is 5.97 Å². The maximum absolute atomic E-state index is 13.7. The van der Waals surface area contributed by atoms with Gasteiger partial charge in [-0.2, -0.15) is 5.26 Å². The highest BCUT2D eigenvalue weighted by Crippen LogP contribution is 2.41. The number of benzene rings is 2. The van der Waals surface area contributed by atoms with Crippen LogP contribution in [0.3, 0.4) is 0 Å². The minimum Gasteiger partial charge on any atom is -0.424 e. The average molecular weight is 474 g/mol. The zero-order valence-electron chi connectivity index (χ0n) is 21.9. The van der Waals surface area contributed by atoms with Crippen LogP contribution in [0.5, 0.6) is 5.75 Å². The Morgan fingerprint density at radius 1 is 0.829 bits per heavy atom. The van der Waals surface area contributed by atoms with Crippen LogP contribution in [-0.4, -0.2) is 5.97 Å². The molecule has 35 heavy (non-hydrogen) atoms. The predicted molar refractivity (Wildman–Crippen MR) is 144 cm³/mol. The van der Waals surface area contributed by atoms with E-state index in [1.165, 1.54) is 50.5 Å². The lowest BCUT2D eigenvalue weighted by Crippen LogP contribution is -2.41. The zero-order valence-corrected chi connectivity index (χ0v) is 21.9. The number of hydrogen-bond acceptors (Lipinski definition) is 3. The number of aryl methyl sites for hydroxylation is 2. The second-order valence-corrected chi connectivity index (χ2v) is 10.3. The second kappa shape index (κ2) is 14.1. The Hall–Kier alpha value is -2.60. The van der Waals surface area contributed by atoms with Gasteiger partial charge in [-0.3, -0.25) is 4.79 Å². The summed E-state index contributed by atoms with van der Waals surface area (Å²) in [7, 11) is 0. The van der Waals surface area contributed by atoms with E-state index >= 15 is 0 Å². The third kappa shape index (κ3) is 7.44. The second-order valence-electron chi connectivity index (χ2n) is 10.3. The molecule has 3 rings (SSSR count). The van der Waals surface area contributed by atoms with Crippen LogP contribution in [0.1, 0.15) is 120 Å². The normalized spacial score (nSPS) is 14.9. The van der Waals surface area contributed by atoms with Crippen molar-refractivity contribution >= 4 is 5.97 Å². The molecule has 3 heteroatoms. The molecule has 0 unspecified atom stereocenters. The molecule has 2 aromatic rings. The molecule has 0 spiro atoms. The smallest absolute Gasteiger partial charge is 0.321 e. The van der Waals surface area contributed by atoms with E-state index in [-0.39, 0.29) is 5.97 Å². The van der Waals surface area contributed by atoms with E-state index in [0.717, 1.165) is 62.5 Å². The Kier molecular flexibility index (Phi) is 10.9. The SMILES string of the molecule is CCCCCCCCc1ccc(OC(=O)C2(c3ccc(CCCC)cc3)CCCCC2)c(C#N)c1. The summed E-state index contributed by atoms with van der Waals surface area (Å²) in [6.45, 7) is 4.44. The number of nitriles is 1. The van der Waals surface area contributed by atoms with Gasteiger partial charge in [0.1, 0.15) is 11.8 Å². The summed E-state index contributed by atoms with van der Waals surface area (Å²) in [6.07, 6.45) is 16.7. The Morgan fingerprint density at radius 3 is 2.14 bits per heavy atom. The van der Waals surface area contributed by atoms with Crippen LogP contribution in [-0.2, 0) is 23.1 Å². The van der Waals surface area contributed by atoms with Gasteiger partial charge in [0.05, 0.1) is 11.0 Å². The van der Waals surface area contributed by atoms with Gasteiger partial charge in [0.15, 0.2) is 0 Å². The van der Waals surface area contributed by atoms with Crippen molar-refractivity contribution in [2.75, 3.05) is 0 Å². The Morgan fingerprint density at radius 2 is 1.46 bits per heavy atom. The van der Waals surface area contributed by atoms with Gasteiger partial charge in [-0.15, -0.1) is 0 Å². The van der Waals surface area contributed by atoms with E-state index < -0.39 is 5.41 Å². The minimum absolute atomic E-state index is 0.210. The number of carbonyl (C=O) groups excluding carboxylic acids is 1. The largest absolute Gasteiger partial charge is 0.424 e. The lowest BCUT2D eigenvalue weighted by molar-refractivity contribution is -0.142. The summed E-state index contributed by atoms with van der Waals surface area (Å²) >= 11 is 0. The van der Waals surface area contributed by atoms with Crippen LogP contribution in [0, 0.1) is 11.3 Å². The number of ether oxygens (including phenoxy) is 1. The molecule has 1 aliphatic carbocycles. The van der Waals surface area contributed by atoms with Gasteiger partial charge in [0.2, 0.25) is 0 Å². The van der Waals surface area contributed by atoms with Crippen molar-refractivity contribution in [1.29, 1.82) is 5.26 Å². The number of esters is 1. The molecule has 1 saturated carbocycles. The summed E-state index contributed by atoms with van der Waals surface area (Å²) in [5.74, 6) is 0.187. The first-order chi connectivity index (χ1) is 17.1. The Bertz CT molecular complexity index is 964. The highest BCUT2D eigenvalue weighted by atomic mass is 16.5. The molecule has 0 N–H and O–H groups in total. The van der Waals surface area contributed by atoms with Crippen LogP contribution >= 0.6 is 0 Å². The first kappa shape index (κ1) is 27.0. The highest BCUT2D eigenvalue weighted by Gasteiger charge is 2.43. The van der Waals surface area contributed by atoms with Gasteiger partial charge in [-0.05, 0) is 67.3 Å². The van der Waals surface area contributed by atoms with Crippen LogP contribution < -0.4 is 4.74 Å². The van der Waals surface area contributed by atoms with Gasteiger partial charge in [-0.25, -0.2) is 0 Å². The zero-order chi connectivity index (χ0) is 24.9. The first-order valence-corrected chi connectivity index (χ1v) is 14.0. The molecular weight excluding hydrogens is 430 g/mol. The highest BCUT2D eigenvalue weighted by molar-refractivity contribution is 5.85. The molecule has 0 aliphatic heterocycles. The monoisotopic (exact) mass is 473 g/mol. The molecule has 0 atom stereocenters. The van der Waals surface area contributed by atoms with Crippen LogP contribution in [0.15, 0.2) is 42.5 Å². The van der Waals surface area contributed by atoms with Gasteiger partial charge in [-0.1, -0.05) is 102 Å². The van der Waals surface area contributed by atoms with E-state index in [1.54, 1.807) is 0 Å². The molecule has 0 radical (unpaired) electrons. The third-order valence-corrected chi connectivity index (χ3v) is 7.61.